The zero-order chi connectivity index (χ0) is 14.9. The van der Waals surface area contributed by atoms with Crippen molar-refractivity contribution in [3.8, 4) is 0 Å². The molecule has 0 spiro atoms. The number of rotatable bonds is 6. The van der Waals surface area contributed by atoms with Crippen LogP contribution in [0.4, 0.5) is 5.69 Å². The molecule has 0 saturated heterocycles. The monoisotopic (exact) mass is 296 g/mol. The topological polar surface area (TPSA) is 63.4 Å². The first-order valence-corrected chi connectivity index (χ1v) is 8.67. The lowest BCUT2D eigenvalue weighted by atomic mass is 10.1. The van der Waals surface area contributed by atoms with E-state index in [1.807, 2.05) is 19.9 Å². The van der Waals surface area contributed by atoms with Gasteiger partial charge in [0.2, 0.25) is 10.0 Å². The second-order valence-corrected chi connectivity index (χ2v) is 7.69. The molecule has 0 atom stereocenters. The molecule has 1 aromatic carbocycles. The molecule has 1 fully saturated rings. The third-order valence-corrected chi connectivity index (χ3v) is 5.79. The van der Waals surface area contributed by atoms with Crippen LogP contribution in [0, 0.1) is 19.8 Å². The van der Waals surface area contributed by atoms with Crippen LogP contribution in [0.2, 0.25) is 0 Å². The van der Waals surface area contributed by atoms with Crippen LogP contribution in [-0.4, -0.2) is 25.8 Å². The summed E-state index contributed by atoms with van der Waals surface area (Å²) in [6, 6.07) is 3.55. The predicted molar refractivity (Wildman–Crippen MR) is 82.1 cm³/mol. The summed E-state index contributed by atoms with van der Waals surface area (Å²) in [6.07, 6.45) is 3.11. The first kappa shape index (κ1) is 15.3. The van der Waals surface area contributed by atoms with E-state index in [0.29, 0.717) is 35.2 Å². The summed E-state index contributed by atoms with van der Waals surface area (Å²) in [5.41, 5.74) is 8.01. The molecule has 112 valence electrons. The predicted octanol–water partition coefficient (Wildman–Crippen LogP) is 2.70. The molecule has 2 rings (SSSR count). The number of sulfonamides is 1. The summed E-state index contributed by atoms with van der Waals surface area (Å²) in [6.45, 7) is 6.88. The Morgan fingerprint density at radius 3 is 2.50 bits per heavy atom. The summed E-state index contributed by atoms with van der Waals surface area (Å²) < 4.78 is 27.4. The van der Waals surface area contributed by atoms with Gasteiger partial charge in [0.1, 0.15) is 0 Å². The van der Waals surface area contributed by atoms with Crippen LogP contribution in [0.15, 0.2) is 17.0 Å². The van der Waals surface area contributed by atoms with Crippen LogP contribution in [0.25, 0.3) is 0 Å². The highest BCUT2D eigenvalue weighted by molar-refractivity contribution is 7.89. The first-order valence-electron chi connectivity index (χ1n) is 7.23. The average Bonchev–Trinajstić information content (AvgIpc) is 3.17. The molecule has 0 heterocycles. The van der Waals surface area contributed by atoms with Crippen molar-refractivity contribution in [2.24, 2.45) is 5.92 Å². The van der Waals surface area contributed by atoms with Crippen molar-refractivity contribution in [3.63, 3.8) is 0 Å². The van der Waals surface area contributed by atoms with Crippen molar-refractivity contribution in [1.82, 2.24) is 4.31 Å². The minimum absolute atomic E-state index is 0.365. The van der Waals surface area contributed by atoms with Crippen LogP contribution < -0.4 is 5.73 Å². The number of anilines is 1. The van der Waals surface area contributed by atoms with Gasteiger partial charge in [0, 0.05) is 18.8 Å². The molecule has 4 nitrogen and oxygen atoms in total. The highest BCUT2D eigenvalue weighted by atomic mass is 32.2. The molecule has 0 amide bonds. The van der Waals surface area contributed by atoms with Crippen molar-refractivity contribution in [3.05, 3.63) is 23.3 Å². The van der Waals surface area contributed by atoms with Gasteiger partial charge in [-0.1, -0.05) is 6.92 Å². The van der Waals surface area contributed by atoms with E-state index in [0.717, 1.165) is 24.8 Å². The number of hydrogen-bond donors (Lipinski definition) is 1. The molecule has 1 aliphatic carbocycles. The number of nitrogens with zero attached hydrogens (tertiary/aromatic N) is 1. The van der Waals surface area contributed by atoms with Crippen molar-refractivity contribution < 1.29 is 8.42 Å². The fourth-order valence-corrected chi connectivity index (χ4v) is 4.35. The van der Waals surface area contributed by atoms with Crippen LogP contribution in [0.3, 0.4) is 0 Å². The van der Waals surface area contributed by atoms with Crippen molar-refractivity contribution in [2.75, 3.05) is 18.8 Å². The van der Waals surface area contributed by atoms with Crippen molar-refractivity contribution in [1.29, 1.82) is 0 Å². The third-order valence-electron chi connectivity index (χ3n) is 3.79. The molecule has 0 radical (unpaired) electrons. The molecular formula is C15H24N2O2S. The van der Waals surface area contributed by atoms with Gasteiger partial charge < -0.3 is 5.73 Å². The first-order chi connectivity index (χ1) is 9.36. The number of nitrogen functional groups attached to an aromatic ring is 1. The molecule has 0 unspecified atom stereocenters. The van der Waals surface area contributed by atoms with Gasteiger partial charge in [-0.05, 0) is 62.3 Å². The minimum Gasteiger partial charge on any atom is -0.398 e. The quantitative estimate of drug-likeness (QED) is 0.821. The van der Waals surface area contributed by atoms with Crippen LogP contribution >= 0.6 is 0 Å². The smallest absolute Gasteiger partial charge is 0.243 e. The molecule has 0 aromatic heterocycles. The Morgan fingerprint density at radius 2 is 1.95 bits per heavy atom. The van der Waals surface area contributed by atoms with Gasteiger partial charge in [0.15, 0.2) is 0 Å². The molecule has 0 aliphatic heterocycles. The summed E-state index contributed by atoms with van der Waals surface area (Å²) in [4.78, 5) is 0.365. The Labute approximate surface area is 122 Å². The zero-order valence-corrected chi connectivity index (χ0v) is 13.3. The maximum atomic E-state index is 12.9. The van der Waals surface area contributed by atoms with Crippen LogP contribution in [-0.2, 0) is 10.0 Å². The summed E-state index contributed by atoms with van der Waals surface area (Å²) in [5.74, 6) is 0.541. The number of hydrogen-bond acceptors (Lipinski definition) is 3. The number of benzene rings is 1. The maximum Gasteiger partial charge on any atom is 0.243 e. The van der Waals surface area contributed by atoms with Gasteiger partial charge >= 0.3 is 0 Å². The molecule has 2 N–H and O–H groups in total. The van der Waals surface area contributed by atoms with Crippen LogP contribution in [0.1, 0.15) is 37.3 Å². The Morgan fingerprint density at radius 1 is 1.30 bits per heavy atom. The molecule has 5 heteroatoms. The van der Waals surface area contributed by atoms with E-state index in [9.17, 15) is 8.42 Å². The highest BCUT2D eigenvalue weighted by Gasteiger charge is 2.32. The van der Waals surface area contributed by atoms with Crippen molar-refractivity contribution >= 4 is 15.7 Å². The second-order valence-electron chi connectivity index (χ2n) is 5.78. The number of aryl methyl sites for hydroxylation is 1. The normalized spacial score (nSPS) is 15.8. The Kier molecular flexibility index (Phi) is 4.39. The molecule has 20 heavy (non-hydrogen) atoms. The van der Waals surface area contributed by atoms with E-state index in [1.165, 1.54) is 0 Å². The number of nitrogens with two attached hydrogens (primary N) is 1. The summed E-state index contributed by atoms with van der Waals surface area (Å²) in [7, 11) is -3.44. The lowest BCUT2D eigenvalue weighted by molar-refractivity contribution is 0.395. The molecule has 1 saturated carbocycles. The lowest BCUT2D eigenvalue weighted by Gasteiger charge is -2.23. The molecule has 1 aliphatic rings. The maximum absolute atomic E-state index is 12.9. The fourth-order valence-electron chi connectivity index (χ4n) is 2.41. The van der Waals surface area contributed by atoms with Crippen molar-refractivity contribution in [2.45, 2.75) is 44.9 Å². The SMILES string of the molecule is CCCN(CC1CC1)S(=O)(=O)c1cc(C)cc(N)c1C. The Bertz CT molecular complexity index is 592. The molecular weight excluding hydrogens is 272 g/mol. The van der Waals surface area contributed by atoms with E-state index < -0.39 is 10.0 Å². The van der Waals surface area contributed by atoms with Gasteiger partial charge in [0.05, 0.1) is 4.90 Å². The van der Waals surface area contributed by atoms with Gasteiger partial charge in [-0.15, -0.1) is 0 Å². The average molecular weight is 296 g/mol. The van der Waals surface area contributed by atoms with Gasteiger partial charge in [-0.25, -0.2) is 8.42 Å². The van der Waals surface area contributed by atoms with E-state index in [4.69, 9.17) is 5.73 Å². The highest BCUT2D eigenvalue weighted by Crippen LogP contribution is 2.33. The summed E-state index contributed by atoms with van der Waals surface area (Å²) >= 11 is 0. The zero-order valence-electron chi connectivity index (χ0n) is 12.5. The Balaban J connectivity index is 2.40. The van der Waals surface area contributed by atoms with Gasteiger partial charge in [-0.2, -0.15) is 4.31 Å². The minimum atomic E-state index is -3.44. The van der Waals surface area contributed by atoms with E-state index in [2.05, 4.69) is 0 Å². The molecule has 1 aromatic rings. The van der Waals surface area contributed by atoms with E-state index >= 15 is 0 Å². The fraction of sp³-hybridized carbons (Fsp3) is 0.600. The largest absolute Gasteiger partial charge is 0.398 e. The van der Waals surface area contributed by atoms with Gasteiger partial charge in [-0.3, -0.25) is 0 Å². The van der Waals surface area contributed by atoms with Gasteiger partial charge in [0.25, 0.3) is 0 Å². The third kappa shape index (κ3) is 3.15. The Hall–Kier alpha value is -1.07. The molecule has 0 bridgehead atoms. The lowest BCUT2D eigenvalue weighted by Crippen LogP contribution is -2.34. The van der Waals surface area contributed by atoms with Crippen LogP contribution in [0.5, 0.6) is 0 Å². The van der Waals surface area contributed by atoms with E-state index in [1.54, 1.807) is 17.3 Å². The standard InChI is InChI=1S/C15H24N2O2S/c1-4-7-17(10-13-5-6-13)20(18,19)15-9-11(2)8-14(16)12(15)3/h8-9,13H,4-7,10,16H2,1-3H3. The van der Waals surface area contributed by atoms with E-state index in [-0.39, 0.29) is 0 Å². The second kappa shape index (κ2) is 5.74. The summed E-state index contributed by atoms with van der Waals surface area (Å²) in [5, 5.41) is 0.